The van der Waals surface area contributed by atoms with Crippen LogP contribution in [0, 0.1) is 5.92 Å². The van der Waals surface area contributed by atoms with Crippen molar-refractivity contribution < 1.29 is 27.5 Å². The van der Waals surface area contributed by atoms with Gasteiger partial charge in [-0.25, -0.2) is 13.2 Å². The van der Waals surface area contributed by atoms with E-state index < -0.39 is 16.0 Å². The molecule has 0 spiro atoms. The molecule has 1 aliphatic rings. The molecule has 1 amide bonds. The second-order valence-corrected chi connectivity index (χ2v) is 9.72. The third kappa shape index (κ3) is 6.25. The lowest BCUT2D eigenvalue weighted by Crippen LogP contribution is -2.48. The number of hydrogen-bond donors (Lipinski definition) is 1. The molecule has 3 unspecified atom stereocenters. The number of sulfonamides is 1. The fourth-order valence-electron chi connectivity index (χ4n) is 2.92. The number of hydrogen-bond acceptors (Lipinski definition) is 6. The van der Waals surface area contributed by atoms with Gasteiger partial charge in [-0.15, -0.1) is 0 Å². The molecule has 1 heterocycles. The van der Waals surface area contributed by atoms with Crippen molar-refractivity contribution in [1.82, 2.24) is 9.62 Å². The minimum Gasteiger partial charge on any atom is -0.452 e. The monoisotopic (exact) mass is 426 g/mol. The summed E-state index contributed by atoms with van der Waals surface area (Å²) in [6.07, 6.45) is -0.375. The van der Waals surface area contributed by atoms with Crippen LogP contribution in [0.5, 0.6) is 0 Å². The summed E-state index contributed by atoms with van der Waals surface area (Å²) in [7, 11) is -3.68. The predicted molar refractivity (Wildman–Crippen MR) is 108 cm³/mol. The maximum absolute atomic E-state index is 12.8. The summed E-state index contributed by atoms with van der Waals surface area (Å²) < 4.78 is 37.6. The third-order valence-corrected chi connectivity index (χ3v) is 6.68. The van der Waals surface area contributed by atoms with Crippen LogP contribution in [0.2, 0.25) is 0 Å². The van der Waals surface area contributed by atoms with E-state index in [9.17, 15) is 18.0 Å². The van der Waals surface area contributed by atoms with Gasteiger partial charge in [0.25, 0.3) is 5.91 Å². The molecule has 1 N–H and O–H groups in total. The maximum atomic E-state index is 12.8. The number of esters is 1. The minimum atomic E-state index is -3.68. The van der Waals surface area contributed by atoms with Crippen LogP contribution in [0.15, 0.2) is 29.2 Å². The van der Waals surface area contributed by atoms with E-state index in [1.165, 1.54) is 28.6 Å². The molecule has 8 nitrogen and oxygen atoms in total. The quantitative estimate of drug-likeness (QED) is 0.667. The molecule has 162 valence electrons. The Morgan fingerprint density at radius 1 is 1.14 bits per heavy atom. The zero-order valence-corrected chi connectivity index (χ0v) is 18.4. The Balaban J connectivity index is 1.98. The van der Waals surface area contributed by atoms with Crippen LogP contribution in [-0.4, -0.2) is 62.5 Å². The van der Waals surface area contributed by atoms with Gasteiger partial charge in [0, 0.05) is 19.1 Å². The first-order valence-electron chi connectivity index (χ1n) is 9.73. The molecule has 1 aromatic carbocycles. The molecule has 0 bridgehead atoms. The van der Waals surface area contributed by atoms with Gasteiger partial charge in [-0.3, -0.25) is 4.79 Å². The Hall–Kier alpha value is -1.97. The lowest BCUT2D eigenvalue weighted by Gasteiger charge is -2.34. The van der Waals surface area contributed by atoms with Crippen LogP contribution >= 0.6 is 0 Å². The van der Waals surface area contributed by atoms with E-state index in [2.05, 4.69) is 5.32 Å². The second-order valence-electron chi connectivity index (χ2n) is 7.78. The highest BCUT2D eigenvalue weighted by molar-refractivity contribution is 7.89. The van der Waals surface area contributed by atoms with Gasteiger partial charge >= 0.3 is 5.97 Å². The molecule has 1 aromatic rings. The Labute approximate surface area is 172 Å². The number of morpholine rings is 1. The van der Waals surface area contributed by atoms with Gasteiger partial charge in [-0.05, 0) is 51.0 Å². The van der Waals surface area contributed by atoms with E-state index in [1.807, 2.05) is 34.6 Å². The topological polar surface area (TPSA) is 102 Å². The largest absolute Gasteiger partial charge is 0.452 e. The number of rotatable bonds is 7. The molecule has 29 heavy (non-hydrogen) atoms. The molecular formula is C20H30N2O6S. The van der Waals surface area contributed by atoms with Crippen LogP contribution in [0.3, 0.4) is 0 Å². The highest BCUT2D eigenvalue weighted by Crippen LogP contribution is 2.21. The Kier molecular flexibility index (Phi) is 7.79. The standard InChI is InChI=1S/C20H30N2O6S/c1-13(2)16(5)21-19(23)12-27-20(24)17-6-8-18(9-7-17)29(25,26)22-10-14(3)28-15(4)11-22/h6-9,13-16H,10-12H2,1-5H3,(H,21,23). The summed E-state index contributed by atoms with van der Waals surface area (Å²) in [6.45, 7) is 9.65. The molecule has 0 aliphatic carbocycles. The predicted octanol–water partition coefficient (Wildman–Crippen LogP) is 1.80. The Bertz CT molecular complexity index is 812. The van der Waals surface area contributed by atoms with Crippen molar-refractivity contribution in [2.45, 2.75) is 57.8 Å². The zero-order chi connectivity index (χ0) is 21.8. The van der Waals surface area contributed by atoms with Gasteiger partial charge in [-0.2, -0.15) is 4.31 Å². The lowest BCUT2D eigenvalue weighted by molar-refractivity contribution is -0.125. The molecular weight excluding hydrogens is 396 g/mol. The van der Waals surface area contributed by atoms with E-state index in [1.54, 1.807) is 0 Å². The fourth-order valence-corrected chi connectivity index (χ4v) is 4.51. The first kappa shape index (κ1) is 23.3. The summed E-state index contributed by atoms with van der Waals surface area (Å²) in [6, 6.07) is 5.49. The van der Waals surface area contributed by atoms with E-state index >= 15 is 0 Å². The van der Waals surface area contributed by atoms with Gasteiger partial charge in [0.1, 0.15) is 0 Å². The van der Waals surface area contributed by atoms with Crippen molar-refractivity contribution in [2.24, 2.45) is 5.92 Å². The van der Waals surface area contributed by atoms with Crippen molar-refractivity contribution in [3.63, 3.8) is 0 Å². The van der Waals surface area contributed by atoms with Crippen LogP contribution in [-0.2, 0) is 24.3 Å². The molecule has 1 aliphatic heterocycles. The van der Waals surface area contributed by atoms with E-state index in [0.717, 1.165) is 0 Å². The lowest BCUT2D eigenvalue weighted by atomic mass is 10.1. The van der Waals surface area contributed by atoms with Crippen LogP contribution in [0.4, 0.5) is 0 Å². The normalized spacial score (nSPS) is 21.6. The van der Waals surface area contributed by atoms with Gasteiger partial charge in [0.05, 0.1) is 22.7 Å². The molecule has 1 fully saturated rings. The van der Waals surface area contributed by atoms with Crippen LogP contribution in [0.25, 0.3) is 0 Å². The summed E-state index contributed by atoms with van der Waals surface area (Å²) in [4.78, 5) is 24.1. The zero-order valence-electron chi connectivity index (χ0n) is 17.5. The van der Waals surface area contributed by atoms with Gasteiger partial charge < -0.3 is 14.8 Å². The smallest absolute Gasteiger partial charge is 0.338 e. The van der Waals surface area contributed by atoms with Crippen molar-refractivity contribution in [1.29, 1.82) is 0 Å². The summed E-state index contributed by atoms with van der Waals surface area (Å²) in [5.41, 5.74) is 0.178. The molecule has 2 rings (SSSR count). The highest BCUT2D eigenvalue weighted by atomic mass is 32.2. The number of amides is 1. The van der Waals surface area contributed by atoms with Gasteiger partial charge in [0.2, 0.25) is 10.0 Å². The Morgan fingerprint density at radius 2 is 1.69 bits per heavy atom. The molecule has 3 atom stereocenters. The number of ether oxygens (including phenoxy) is 2. The van der Waals surface area contributed by atoms with E-state index in [4.69, 9.17) is 9.47 Å². The Morgan fingerprint density at radius 3 is 2.21 bits per heavy atom. The fraction of sp³-hybridized carbons (Fsp3) is 0.600. The number of carbonyl (C=O) groups excluding carboxylic acids is 2. The SMILES string of the molecule is CC1CN(S(=O)(=O)c2ccc(C(=O)OCC(=O)NC(C)C(C)C)cc2)CC(C)O1. The molecule has 9 heteroatoms. The van der Waals surface area contributed by atoms with Crippen LogP contribution < -0.4 is 5.32 Å². The molecule has 1 saturated heterocycles. The van der Waals surface area contributed by atoms with Crippen molar-refractivity contribution in [2.75, 3.05) is 19.7 Å². The molecule has 0 aromatic heterocycles. The van der Waals surface area contributed by atoms with Gasteiger partial charge in [0.15, 0.2) is 6.61 Å². The minimum absolute atomic E-state index is 0.0312. The van der Waals surface area contributed by atoms with Crippen molar-refractivity contribution >= 4 is 21.9 Å². The second kappa shape index (κ2) is 9.69. The van der Waals surface area contributed by atoms with E-state index in [0.29, 0.717) is 0 Å². The first-order valence-corrected chi connectivity index (χ1v) is 11.2. The third-order valence-electron chi connectivity index (χ3n) is 4.84. The average molecular weight is 427 g/mol. The number of nitrogens with zero attached hydrogens (tertiary/aromatic N) is 1. The number of nitrogens with one attached hydrogen (secondary N) is 1. The van der Waals surface area contributed by atoms with Gasteiger partial charge in [-0.1, -0.05) is 13.8 Å². The van der Waals surface area contributed by atoms with Crippen molar-refractivity contribution in [3.05, 3.63) is 29.8 Å². The average Bonchev–Trinajstić information content (AvgIpc) is 2.65. The summed E-state index contributed by atoms with van der Waals surface area (Å²) in [5, 5.41) is 2.75. The molecule has 0 radical (unpaired) electrons. The molecule has 0 saturated carbocycles. The first-order chi connectivity index (χ1) is 13.5. The maximum Gasteiger partial charge on any atom is 0.338 e. The summed E-state index contributed by atoms with van der Waals surface area (Å²) in [5.74, 6) is -0.800. The highest BCUT2D eigenvalue weighted by Gasteiger charge is 2.32. The van der Waals surface area contributed by atoms with Crippen LogP contribution in [0.1, 0.15) is 45.0 Å². The number of benzene rings is 1. The van der Waals surface area contributed by atoms with E-state index in [-0.39, 0.29) is 60.2 Å². The van der Waals surface area contributed by atoms with Crippen molar-refractivity contribution in [3.8, 4) is 0 Å². The number of carbonyl (C=O) groups is 2. The summed E-state index contributed by atoms with van der Waals surface area (Å²) >= 11 is 0.